The Hall–Kier alpha value is -4.22. The zero-order valence-corrected chi connectivity index (χ0v) is 22.5. The molecule has 0 saturated carbocycles. The lowest BCUT2D eigenvalue weighted by Crippen LogP contribution is -2.51. The van der Waals surface area contributed by atoms with Crippen molar-refractivity contribution in [1.29, 1.82) is 0 Å². The maximum absolute atomic E-state index is 13.3. The zero-order chi connectivity index (χ0) is 28.3. The summed E-state index contributed by atoms with van der Waals surface area (Å²) >= 11 is 5.92. The molecule has 0 unspecified atom stereocenters. The molecule has 4 aromatic rings. The molecule has 0 bridgehead atoms. The first-order valence-electron chi connectivity index (χ1n) is 12.4. The van der Waals surface area contributed by atoms with Crippen molar-refractivity contribution in [3.8, 4) is 11.1 Å². The summed E-state index contributed by atoms with van der Waals surface area (Å²) in [6, 6.07) is 8.34. The van der Waals surface area contributed by atoms with E-state index in [1.807, 2.05) is 18.7 Å². The molecule has 39 heavy (non-hydrogen) atoms. The van der Waals surface area contributed by atoms with Crippen LogP contribution in [-0.4, -0.2) is 60.6 Å². The fraction of sp³-hybridized carbons (Fsp3) is 0.296. The van der Waals surface area contributed by atoms with Crippen molar-refractivity contribution >= 4 is 40.2 Å². The maximum atomic E-state index is 13.3. The second-order valence-electron chi connectivity index (χ2n) is 8.87. The predicted octanol–water partition coefficient (Wildman–Crippen LogP) is 2.67. The van der Waals surface area contributed by atoms with Gasteiger partial charge in [0.2, 0.25) is 0 Å². The first-order valence-corrected chi connectivity index (χ1v) is 12.8. The van der Waals surface area contributed by atoms with Gasteiger partial charge in [-0.15, -0.1) is 0 Å². The summed E-state index contributed by atoms with van der Waals surface area (Å²) in [6.45, 7) is 4.14. The van der Waals surface area contributed by atoms with Gasteiger partial charge in [0.05, 0.1) is 18.0 Å². The molecule has 1 amide bonds. The third kappa shape index (κ3) is 5.79. The van der Waals surface area contributed by atoms with Crippen molar-refractivity contribution < 1.29 is 19.8 Å². The number of β-amino-alcohol motifs (C(OH)–C–C–N with tert-alkyl or cyclic N) is 1. The van der Waals surface area contributed by atoms with Crippen LogP contribution in [0.25, 0.3) is 22.2 Å². The van der Waals surface area contributed by atoms with Crippen LogP contribution in [-0.2, 0) is 24.9 Å². The van der Waals surface area contributed by atoms with Crippen LogP contribution in [0.15, 0.2) is 53.7 Å². The number of amides is 1. The predicted molar refractivity (Wildman–Crippen MR) is 148 cm³/mol. The minimum Gasteiger partial charge on any atom is -0.480 e. The van der Waals surface area contributed by atoms with E-state index in [2.05, 4.69) is 15.4 Å². The number of aliphatic hydroxyl groups excluding tert-OH is 1. The highest BCUT2D eigenvalue weighted by molar-refractivity contribution is 6.30. The van der Waals surface area contributed by atoms with Gasteiger partial charge in [-0.05, 0) is 23.8 Å². The van der Waals surface area contributed by atoms with E-state index in [4.69, 9.17) is 11.6 Å². The Morgan fingerprint density at radius 1 is 1.15 bits per heavy atom. The number of aromatic nitrogens is 4. The van der Waals surface area contributed by atoms with Crippen molar-refractivity contribution in [2.75, 3.05) is 18.0 Å². The zero-order valence-electron chi connectivity index (χ0n) is 21.8. The Kier molecular flexibility index (Phi) is 8.32. The molecule has 204 valence electrons. The Labute approximate surface area is 229 Å². The van der Waals surface area contributed by atoms with Crippen molar-refractivity contribution in [3.05, 3.63) is 75.4 Å². The molecule has 0 spiro atoms. The molecule has 5 rings (SSSR count). The number of hydrogen-bond donors (Lipinski definition) is 3. The van der Waals surface area contributed by atoms with Crippen LogP contribution < -0.4 is 15.8 Å². The molecule has 0 radical (unpaired) electrons. The number of fused-ring (bicyclic) bond motifs is 1. The number of aliphatic carboxylic acids is 1. The molecule has 1 fully saturated rings. The highest BCUT2D eigenvalue weighted by atomic mass is 35.5. The fourth-order valence-corrected chi connectivity index (χ4v) is 4.50. The molecule has 3 N–H and O–H groups in total. The summed E-state index contributed by atoms with van der Waals surface area (Å²) in [6.07, 6.45) is 4.49. The van der Waals surface area contributed by atoms with Gasteiger partial charge in [-0.3, -0.25) is 23.6 Å². The van der Waals surface area contributed by atoms with Crippen LogP contribution >= 0.6 is 11.6 Å². The number of halogens is 1. The number of aryl methyl sites for hydroxylation is 1. The molecular weight excluding hydrogens is 524 g/mol. The third-order valence-electron chi connectivity index (χ3n) is 6.19. The van der Waals surface area contributed by atoms with E-state index < -0.39 is 30.1 Å². The topological polar surface area (TPSA) is 143 Å². The number of hydrogen-bond acceptors (Lipinski definition) is 7. The van der Waals surface area contributed by atoms with E-state index in [0.717, 1.165) is 15.7 Å². The van der Waals surface area contributed by atoms with E-state index in [0.29, 0.717) is 34.7 Å². The Balaban J connectivity index is 0.00000172. The van der Waals surface area contributed by atoms with Gasteiger partial charge in [-0.25, -0.2) is 4.98 Å². The lowest BCUT2D eigenvalue weighted by Gasteiger charge is -2.39. The minimum absolute atomic E-state index is 0.130. The largest absolute Gasteiger partial charge is 0.480 e. The number of benzene rings is 1. The number of nitrogens with zero attached hydrogens (tertiary/aromatic N) is 5. The first-order chi connectivity index (χ1) is 18.7. The van der Waals surface area contributed by atoms with Gasteiger partial charge in [0.15, 0.2) is 0 Å². The van der Waals surface area contributed by atoms with Crippen molar-refractivity contribution in [2.45, 2.75) is 33.0 Å². The number of nitrogens with one attached hydrogen (secondary N) is 1. The second kappa shape index (κ2) is 11.7. The summed E-state index contributed by atoms with van der Waals surface area (Å²) < 4.78 is 2.62. The molecule has 1 saturated heterocycles. The van der Waals surface area contributed by atoms with E-state index in [1.165, 1.54) is 6.07 Å². The molecule has 4 heterocycles. The summed E-state index contributed by atoms with van der Waals surface area (Å²) in [7, 11) is 1.78. The Morgan fingerprint density at radius 2 is 1.85 bits per heavy atom. The van der Waals surface area contributed by atoms with Crippen LogP contribution in [0.3, 0.4) is 0 Å². The molecule has 1 aliphatic rings. The molecule has 12 heteroatoms. The van der Waals surface area contributed by atoms with Crippen LogP contribution in [0.1, 0.15) is 29.8 Å². The number of carboxylic acids is 1. The summed E-state index contributed by atoms with van der Waals surface area (Å²) in [4.78, 5) is 44.5. The van der Waals surface area contributed by atoms with E-state index in [9.17, 15) is 24.6 Å². The van der Waals surface area contributed by atoms with Gasteiger partial charge in [0, 0.05) is 60.6 Å². The van der Waals surface area contributed by atoms with Gasteiger partial charge in [0.25, 0.3) is 11.5 Å². The van der Waals surface area contributed by atoms with Gasteiger partial charge in [0.1, 0.15) is 17.8 Å². The SMILES string of the molecule is CC.Cn1cc(-c2cnc3c(cc(C(=O)NCc4ccc(Cl)cc4)c(=O)n3CC(=O)O)c2N2CC(O)C2)cn1. The number of anilines is 1. The van der Waals surface area contributed by atoms with Crippen LogP contribution in [0.2, 0.25) is 5.02 Å². The quantitative estimate of drug-likeness (QED) is 0.317. The van der Waals surface area contributed by atoms with Crippen molar-refractivity contribution in [1.82, 2.24) is 24.6 Å². The molecular formula is C27H29ClN6O5. The monoisotopic (exact) mass is 552 g/mol. The summed E-state index contributed by atoms with van der Waals surface area (Å²) in [5.41, 5.74) is 1.99. The summed E-state index contributed by atoms with van der Waals surface area (Å²) in [5, 5.41) is 27.4. The Bertz CT molecular complexity index is 1570. The van der Waals surface area contributed by atoms with Crippen LogP contribution in [0.4, 0.5) is 5.69 Å². The lowest BCUT2D eigenvalue weighted by molar-refractivity contribution is -0.137. The molecule has 0 aliphatic carbocycles. The second-order valence-corrected chi connectivity index (χ2v) is 9.31. The third-order valence-corrected chi connectivity index (χ3v) is 6.44. The van der Waals surface area contributed by atoms with Crippen LogP contribution in [0, 0.1) is 0 Å². The average Bonchev–Trinajstić information content (AvgIpc) is 3.34. The van der Waals surface area contributed by atoms with Gasteiger partial charge in [-0.2, -0.15) is 5.10 Å². The first kappa shape index (κ1) is 27.8. The molecule has 11 nitrogen and oxygen atoms in total. The fourth-order valence-electron chi connectivity index (χ4n) is 4.38. The van der Waals surface area contributed by atoms with Crippen molar-refractivity contribution in [3.63, 3.8) is 0 Å². The number of carboxylic acid groups (broad SMARTS) is 1. The average molecular weight is 553 g/mol. The van der Waals surface area contributed by atoms with Crippen molar-refractivity contribution in [2.24, 2.45) is 7.05 Å². The van der Waals surface area contributed by atoms with Gasteiger partial charge < -0.3 is 20.4 Å². The van der Waals surface area contributed by atoms with E-state index in [-0.39, 0.29) is 17.8 Å². The smallest absolute Gasteiger partial charge is 0.323 e. The standard InChI is InChI=1S/C25H23ClN6O5.C2H6/c1-30-10-15(8-29-30)20-9-27-23-18(22(20)31-11-17(33)12-31)6-19(25(37)32(23)13-21(34)35)24(36)28-7-14-2-4-16(26)5-3-14;1-2/h2-6,8-10,17,33H,7,11-13H2,1H3,(H,28,36)(H,34,35);1-2H3. The highest BCUT2D eigenvalue weighted by Crippen LogP contribution is 2.38. The van der Waals surface area contributed by atoms with E-state index >= 15 is 0 Å². The molecule has 0 atom stereocenters. The number of pyridine rings is 2. The Morgan fingerprint density at radius 3 is 2.44 bits per heavy atom. The highest BCUT2D eigenvalue weighted by Gasteiger charge is 2.30. The lowest BCUT2D eigenvalue weighted by atomic mass is 10.0. The van der Waals surface area contributed by atoms with Crippen LogP contribution in [0.5, 0.6) is 0 Å². The number of carbonyl (C=O) groups excluding carboxylic acids is 1. The maximum Gasteiger partial charge on any atom is 0.323 e. The minimum atomic E-state index is -1.25. The molecule has 1 aromatic carbocycles. The molecule has 1 aliphatic heterocycles. The number of aliphatic hydroxyl groups is 1. The van der Waals surface area contributed by atoms with E-state index in [1.54, 1.807) is 54.6 Å². The molecule has 3 aromatic heterocycles. The normalized spacial score (nSPS) is 13.0. The number of rotatable bonds is 7. The van der Waals surface area contributed by atoms with Gasteiger partial charge >= 0.3 is 5.97 Å². The van der Waals surface area contributed by atoms with Gasteiger partial charge in [-0.1, -0.05) is 37.6 Å². The number of carbonyl (C=O) groups is 2. The summed E-state index contributed by atoms with van der Waals surface area (Å²) in [5.74, 6) is -1.90.